The number of amides is 2. The van der Waals surface area contributed by atoms with Gasteiger partial charge in [-0.1, -0.05) is 42.5 Å². The lowest BCUT2D eigenvalue weighted by atomic mass is 10.1. The average molecular weight is 393 g/mol. The van der Waals surface area contributed by atoms with Crippen molar-refractivity contribution in [3.8, 4) is 0 Å². The van der Waals surface area contributed by atoms with Crippen LogP contribution >= 0.6 is 0 Å². The number of rotatable bonds is 4. The predicted molar refractivity (Wildman–Crippen MR) is 113 cm³/mol. The van der Waals surface area contributed by atoms with Gasteiger partial charge in [0, 0.05) is 26.1 Å². The molecule has 6 heteroatoms. The summed E-state index contributed by atoms with van der Waals surface area (Å²) in [6, 6.07) is 17.9. The lowest BCUT2D eigenvalue weighted by Crippen LogP contribution is -2.48. The van der Waals surface area contributed by atoms with Crippen molar-refractivity contribution in [3.63, 3.8) is 0 Å². The third-order valence-electron chi connectivity index (χ3n) is 5.51. The first-order valence-electron chi connectivity index (χ1n) is 10.2. The maximum Gasteiger partial charge on any atom is 0.242 e. The molecule has 4 rings (SSSR count). The lowest BCUT2D eigenvalue weighted by molar-refractivity contribution is -0.136. The van der Waals surface area contributed by atoms with Crippen LogP contribution in [0.25, 0.3) is 0 Å². The topological polar surface area (TPSA) is 53.1 Å². The SMILES string of the molecule is C[C@@H]1CN(C(=O)CN2CCC(=O)N(Cc3ccccc3)c3ccccc32)CCO1. The summed E-state index contributed by atoms with van der Waals surface area (Å²) in [5, 5.41) is 0. The molecule has 0 saturated carbocycles. The van der Waals surface area contributed by atoms with E-state index in [1.807, 2.05) is 76.2 Å². The van der Waals surface area contributed by atoms with Crippen LogP contribution in [0.4, 0.5) is 11.4 Å². The van der Waals surface area contributed by atoms with E-state index in [-0.39, 0.29) is 24.5 Å². The van der Waals surface area contributed by atoms with Crippen LogP contribution in [0.2, 0.25) is 0 Å². The van der Waals surface area contributed by atoms with E-state index in [9.17, 15) is 9.59 Å². The van der Waals surface area contributed by atoms with Gasteiger partial charge in [-0.2, -0.15) is 0 Å². The molecule has 1 atom stereocenters. The van der Waals surface area contributed by atoms with Gasteiger partial charge >= 0.3 is 0 Å². The second kappa shape index (κ2) is 8.66. The fourth-order valence-electron chi connectivity index (χ4n) is 3.99. The molecule has 2 aromatic carbocycles. The number of ether oxygens (including phenoxy) is 1. The third kappa shape index (κ3) is 4.43. The largest absolute Gasteiger partial charge is 0.375 e. The number of nitrogens with zero attached hydrogens (tertiary/aromatic N) is 3. The Morgan fingerprint density at radius 3 is 2.52 bits per heavy atom. The molecule has 2 aromatic rings. The zero-order chi connectivity index (χ0) is 20.2. The van der Waals surface area contributed by atoms with Gasteiger partial charge < -0.3 is 19.4 Å². The summed E-state index contributed by atoms with van der Waals surface area (Å²) in [4.78, 5) is 31.6. The minimum Gasteiger partial charge on any atom is -0.375 e. The Kier molecular flexibility index (Phi) is 5.81. The van der Waals surface area contributed by atoms with Crippen molar-refractivity contribution < 1.29 is 14.3 Å². The summed E-state index contributed by atoms with van der Waals surface area (Å²) in [7, 11) is 0. The van der Waals surface area contributed by atoms with E-state index in [0.29, 0.717) is 39.2 Å². The molecule has 0 N–H and O–H groups in total. The molecule has 0 bridgehead atoms. The first-order chi connectivity index (χ1) is 14.1. The predicted octanol–water partition coefficient (Wildman–Crippen LogP) is 2.68. The zero-order valence-corrected chi connectivity index (χ0v) is 16.8. The van der Waals surface area contributed by atoms with E-state index >= 15 is 0 Å². The fourth-order valence-corrected chi connectivity index (χ4v) is 3.99. The molecule has 2 aliphatic heterocycles. The van der Waals surface area contributed by atoms with Crippen LogP contribution in [0, 0.1) is 0 Å². The van der Waals surface area contributed by atoms with Crippen molar-refractivity contribution >= 4 is 23.2 Å². The smallest absolute Gasteiger partial charge is 0.242 e. The minimum absolute atomic E-state index is 0.0621. The van der Waals surface area contributed by atoms with Gasteiger partial charge in [0.1, 0.15) is 0 Å². The monoisotopic (exact) mass is 393 g/mol. The van der Waals surface area contributed by atoms with E-state index < -0.39 is 0 Å². The van der Waals surface area contributed by atoms with Crippen LogP contribution < -0.4 is 9.80 Å². The van der Waals surface area contributed by atoms with Crippen LogP contribution in [-0.2, 0) is 20.9 Å². The lowest BCUT2D eigenvalue weighted by Gasteiger charge is -2.33. The molecule has 2 aliphatic rings. The van der Waals surface area contributed by atoms with E-state index in [4.69, 9.17) is 4.74 Å². The van der Waals surface area contributed by atoms with Crippen molar-refractivity contribution in [2.24, 2.45) is 0 Å². The van der Waals surface area contributed by atoms with Crippen LogP contribution in [0.3, 0.4) is 0 Å². The quantitative estimate of drug-likeness (QED) is 0.802. The Morgan fingerprint density at radius 2 is 1.76 bits per heavy atom. The van der Waals surface area contributed by atoms with Gasteiger partial charge in [0.2, 0.25) is 11.8 Å². The average Bonchev–Trinajstić information content (AvgIpc) is 2.87. The van der Waals surface area contributed by atoms with E-state index in [2.05, 4.69) is 0 Å². The molecule has 0 spiro atoms. The number of morpholine rings is 1. The second-order valence-corrected chi connectivity index (χ2v) is 7.65. The molecular weight excluding hydrogens is 366 g/mol. The van der Waals surface area contributed by atoms with Crippen molar-refractivity contribution in [3.05, 3.63) is 60.2 Å². The first kappa shape index (κ1) is 19.5. The number of carbonyl (C=O) groups is 2. The fraction of sp³-hybridized carbons (Fsp3) is 0.391. The third-order valence-corrected chi connectivity index (χ3v) is 5.51. The molecule has 0 aliphatic carbocycles. The highest BCUT2D eigenvalue weighted by atomic mass is 16.5. The number of hydrogen-bond donors (Lipinski definition) is 0. The van der Waals surface area contributed by atoms with Gasteiger partial charge in [-0.25, -0.2) is 0 Å². The van der Waals surface area contributed by atoms with Crippen molar-refractivity contribution in [2.45, 2.75) is 26.0 Å². The highest BCUT2D eigenvalue weighted by molar-refractivity contribution is 5.99. The van der Waals surface area contributed by atoms with Crippen molar-refractivity contribution in [1.29, 1.82) is 0 Å². The molecule has 29 heavy (non-hydrogen) atoms. The molecular formula is C23H27N3O3. The van der Waals surface area contributed by atoms with Gasteiger partial charge in [-0.3, -0.25) is 9.59 Å². The van der Waals surface area contributed by atoms with Gasteiger partial charge in [-0.05, 0) is 24.6 Å². The maximum absolute atomic E-state index is 12.9. The molecule has 0 radical (unpaired) electrons. The maximum atomic E-state index is 12.9. The number of para-hydroxylation sites is 2. The number of carbonyl (C=O) groups excluding carboxylic acids is 2. The Balaban J connectivity index is 1.57. The first-order valence-corrected chi connectivity index (χ1v) is 10.2. The number of hydrogen-bond acceptors (Lipinski definition) is 4. The van der Waals surface area contributed by atoms with Crippen LogP contribution in [-0.4, -0.2) is 55.6 Å². The molecule has 2 heterocycles. The van der Waals surface area contributed by atoms with Crippen LogP contribution in [0.1, 0.15) is 18.9 Å². The van der Waals surface area contributed by atoms with Crippen LogP contribution in [0.5, 0.6) is 0 Å². The summed E-state index contributed by atoms with van der Waals surface area (Å²) < 4.78 is 5.55. The highest BCUT2D eigenvalue weighted by Gasteiger charge is 2.29. The normalized spacial score (nSPS) is 19.7. The Morgan fingerprint density at radius 1 is 1.03 bits per heavy atom. The highest BCUT2D eigenvalue weighted by Crippen LogP contribution is 2.33. The summed E-state index contributed by atoms with van der Waals surface area (Å²) in [5.41, 5.74) is 2.88. The number of benzene rings is 2. The Hall–Kier alpha value is -2.86. The summed E-state index contributed by atoms with van der Waals surface area (Å²) in [6.07, 6.45) is 0.445. The van der Waals surface area contributed by atoms with Gasteiger partial charge in [0.15, 0.2) is 0 Å². The number of fused-ring (bicyclic) bond motifs is 1. The minimum atomic E-state index is 0.0621. The van der Waals surface area contributed by atoms with E-state index in [0.717, 1.165) is 16.9 Å². The van der Waals surface area contributed by atoms with Gasteiger partial charge in [0.05, 0.1) is 37.2 Å². The molecule has 0 aromatic heterocycles. The number of anilines is 2. The summed E-state index contributed by atoms with van der Waals surface area (Å²) in [5.74, 6) is 0.162. The van der Waals surface area contributed by atoms with Crippen LogP contribution in [0.15, 0.2) is 54.6 Å². The molecule has 1 saturated heterocycles. The Bertz CT molecular complexity index is 871. The molecule has 2 amide bonds. The van der Waals surface area contributed by atoms with Gasteiger partial charge in [0.25, 0.3) is 0 Å². The molecule has 152 valence electrons. The molecule has 0 unspecified atom stereocenters. The Labute approximate surface area is 171 Å². The van der Waals surface area contributed by atoms with Gasteiger partial charge in [-0.15, -0.1) is 0 Å². The molecule has 6 nitrogen and oxygen atoms in total. The van der Waals surface area contributed by atoms with Crippen molar-refractivity contribution in [2.75, 3.05) is 42.6 Å². The second-order valence-electron chi connectivity index (χ2n) is 7.65. The standard InChI is InChI=1S/C23H27N3O3/c1-18-15-25(13-14-29-18)23(28)17-24-12-11-22(27)26(16-19-7-3-2-4-8-19)21-10-6-5-9-20(21)24/h2-10,18H,11-17H2,1H3/t18-/m1/s1. The molecule has 1 fully saturated rings. The van der Waals surface area contributed by atoms with E-state index in [1.54, 1.807) is 0 Å². The van der Waals surface area contributed by atoms with E-state index in [1.165, 1.54) is 0 Å². The van der Waals surface area contributed by atoms with Crippen molar-refractivity contribution in [1.82, 2.24) is 4.90 Å². The summed E-state index contributed by atoms with van der Waals surface area (Å²) in [6.45, 7) is 5.14. The summed E-state index contributed by atoms with van der Waals surface area (Å²) >= 11 is 0. The zero-order valence-electron chi connectivity index (χ0n) is 16.8.